The average Bonchev–Trinajstić information content (AvgIpc) is 3.04. The van der Waals surface area contributed by atoms with Gasteiger partial charge in [-0.2, -0.15) is 0 Å². The van der Waals surface area contributed by atoms with Gasteiger partial charge in [0, 0.05) is 18.2 Å². The first-order chi connectivity index (χ1) is 14.9. The number of aromatic amines is 1. The Morgan fingerprint density at radius 2 is 2.06 bits per heavy atom. The van der Waals surface area contributed by atoms with E-state index in [1.165, 1.54) is 19.3 Å². The van der Waals surface area contributed by atoms with Crippen molar-refractivity contribution in [3.63, 3.8) is 0 Å². The molecule has 1 aromatic carbocycles. The van der Waals surface area contributed by atoms with Gasteiger partial charge >= 0.3 is 0 Å². The van der Waals surface area contributed by atoms with Crippen molar-refractivity contribution in [2.24, 2.45) is 16.6 Å². The number of nitrogens with two attached hydrogens (primary N) is 1. The van der Waals surface area contributed by atoms with Gasteiger partial charge in [-0.15, -0.1) is 0 Å². The molecule has 1 aromatic heterocycles. The van der Waals surface area contributed by atoms with Crippen LogP contribution in [0.15, 0.2) is 21.9 Å². The van der Waals surface area contributed by atoms with Gasteiger partial charge < -0.3 is 15.0 Å². The van der Waals surface area contributed by atoms with Gasteiger partial charge in [-0.05, 0) is 43.7 Å². The first-order valence-electron chi connectivity index (χ1n) is 10.8. The van der Waals surface area contributed by atoms with Crippen LogP contribution >= 0.6 is 11.6 Å². The summed E-state index contributed by atoms with van der Waals surface area (Å²) in [4.78, 5) is 33.6. The summed E-state index contributed by atoms with van der Waals surface area (Å²) >= 11 is 6.70. The number of likely N-dealkylation sites (tertiary alicyclic amines) is 1. The lowest BCUT2D eigenvalue weighted by Gasteiger charge is -2.46. The number of nitrogens with one attached hydrogen (secondary N) is 1. The van der Waals surface area contributed by atoms with Crippen molar-refractivity contribution in [2.75, 3.05) is 6.54 Å². The number of imidazole rings is 1. The summed E-state index contributed by atoms with van der Waals surface area (Å²) in [6.07, 6.45) is 6.02. The SMILES string of the molecule is C=c1c(=O)[nH]c2n1Cc1c(ccc(OC(C(N)=O)N3CCCC4CCCCC43)c1Cl)N=2. The van der Waals surface area contributed by atoms with E-state index in [0.717, 1.165) is 31.4 Å². The molecule has 1 saturated heterocycles. The minimum atomic E-state index is -0.867. The van der Waals surface area contributed by atoms with E-state index >= 15 is 0 Å². The first-order valence-corrected chi connectivity index (χ1v) is 11.2. The maximum absolute atomic E-state index is 12.4. The molecule has 31 heavy (non-hydrogen) atoms. The minimum absolute atomic E-state index is 0.278. The summed E-state index contributed by atoms with van der Waals surface area (Å²) in [5, 5.41) is 0.689. The number of ether oxygens (including phenoxy) is 1. The van der Waals surface area contributed by atoms with Gasteiger partial charge in [0.1, 0.15) is 11.1 Å². The number of piperidine rings is 1. The second-order valence-corrected chi connectivity index (χ2v) is 9.04. The lowest BCUT2D eigenvalue weighted by Crippen LogP contribution is -2.57. The van der Waals surface area contributed by atoms with Gasteiger partial charge in [-0.3, -0.25) is 19.5 Å². The number of carbonyl (C=O) groups excluding carboxylic acids is 1. The van der Waals surface area contributed by atoms with Crippen LogP contribution in [0.1, 0.15) is 44.1 Å². The lowest BCUT2D eigenvalue weighted by atomic mass is 9.78. The summed E-state index contributed by atoms with van der Waals surface area (Å²) < 4.78 is 7.85. The van der Waals surface area contributed by atoms with E-state index < -0.39 is 12.1 Å². The van der Waals surface area contributed by atoms with Crippen molar-refractivity contribution >= 4 is 29.8 Å². The van der Waals surface area contributed by atoms with Crippen LogP contribution in [0.3, 0.4) is 0 Å². The zero-order chi connectivity index (χ0) is 21.7. The number of nitrogens with zero attached hydrogens (tertiary/aromatic N) is 3. The number of primary amides is 1. The number of benzene rings is 1. The van der Waals surface area contributed by atoms with Crippen LogP contribution in [0, 0.1) is 5.92 Å². The molecule has 1 saturated carbocycles. The third kappa shape index (κ3) is 3.47. The van der Waals surface area contributed by atoms with E-state index in [2.05, 4.69) is 21.5 Å². The number of halogens is 1. The average molecular weight is 444 g/mol. The molecule has 0 spiro atoms. The topological polar surface area (TPSA) is 106 Å². The Labute approximate surface area is 184 Å². The van der Waals surface area contributed by atoms with Crippen LogP contribution in [0.25, 0.3) is 6.58 Å². The summed E-state index contributed by atoms with van der Waals surface area (Å²) in [5.74, 6) is 0.471. The lowest BCUT2D eigenvalue weighted by molar-refractivity contribution is -0.140. The molecule has 3 unspecified atom stereocenters. The Morgan fingerprint density at radius 1 is 1.29 bits per heavy atom. The van der Waals surface area contributed by atoms with E-state index in [4.69, 9.17) is 22.1 Å². The predicted octanol–water partition coefficient (Wildman–Crippen LogP) is 1.40. The standard InChI is InChI=1S/C22H26ClN5O3/c1-12-20(30)26-22-25-15-8-9-17(18(23)14(15)11-28(12)22)31-21(19(24)29)27-10-4-6-13-5-2-3-7-16(13)27/h8-9,13,16,21H,1-7,10-11H2,(H2,24,29)(H,25,26,30). The number of carbonyl (C=O) groups is 1. The van der Waals surface area contributed by atoms with Crippen LogP contribution in [-0.2, 0) is 11.3 Å². The molecule has 3 N–H and O–H groups in total. The third-order valence-electron chi connectivity index (χ3n) is 6.86. The fraction of sp³-hybridized carbons (Fsp3) is 0.500. The van der Waals surface area contributed by atoms with Crippen LogP contribution < -0.4 is 27.0 Å². The highest BCUT2D eigenvalue weighted by atomic mass is 35.5. The third-order valence-corrected chi connectivity index (χ3v) is 7.28. The van der Waals surface area contributed by atoms with Crippen LogP contribution in [0.4, 0.5) is 5.69 Å². The van der Waals surface area contributed by atoms with Gasteiger partial charge in [0.2, 0.25) is 11.8 Å². The van der Waals surface area contributed by atoms with Gasteiger partial charge in [0.05, 0.1) is 17.3 Å². The van der Waals surface area contributed by atoms with Gasteiger partial charge in [0.15, 0.2) is 0 Å². The molecule has 1 aliphatic carbocycles. The molecule has 8 nitrogen and oxygen atoms in total. The number of fused-ring (bicyclic) bond motifs is 3. The van der Waals surface area contributed by atoms with E-state index in [1.807, 2.05) is 0 Å². The van der Waals surface area contributed by atoms with Crippen molar-refractivity contribution in [1.29, 1.82) is 0 Å². The van der Waals surface area contributed by atoms with E-state index in [1.54, 1.807) is 16.7 Å². The maximum Gasteiger partial charge on any atom is 0.274 e. The monoisotopic (exact) mass is 443 g/mol. The van der Waals surface area contributed by atoms with Crippen molar-refractivity contribution < 1.29 is 9.53 Å². The molecule has 0 radical (unpaired) electrons. The molecule has 1 amide bonds. The van der Waals surface area contributed by atoms with Gasteiger partial charge in [-0.25, -0.2) is 4.99 Å². The van der Waals surface area contributed by atoms with Crippen molar-refractivity contribution in [3.8, 4) is 5.75 Å². The second-order valence-electron chi connectivity index (χ2n) is 8.66. The zero-order valence-electron chi connectivity index (χ0n) is 17.3. The highest BCUT2D eigenvalue weighted by Gasteiger charge is 2.40. The fourth-order valence-corrected chi connectivity index (χ4v) is 5.59. The summed E-state index contributed by atoms with van der Waals surface area (Å²) in [6, 6.07) is 3.81. The Bertz CT molecular complexity index is 1200. The quantitative estimate of drug-likeness (QED) is 0.635. The largest absolute Gasteiger partial charge is 0.464 e. The Kier molecular flexibility index (Phi) is 5.14. The summed E-state index contributed by atoms with van der Waals surface area (Å²) in [6.45, 7) is 4.94. The van der Waals surface area contributed by atoms with E-state index in [0.29, 0.717) is 45.9 Å². The van der Waals surface area contributed by atoms with Crippen LogP contribution in [-0.4, -0.2) is 39.2 Å². The summed E-state index contributed by atoms with van der Waals surface area (Å²) in [5.41, 5.74) is 7.33. The second kappa shape index (κ2) is 7.84. The molecule has 9 heteroatoms. The molecule has 2 fully saturated rings. The van der Waals surface area contributed by atoms with Gasteiger partial charge in [-0.1, -0.05) is 31.0 Å². The number of rotatable bonds is 4. The molecule has 3 atom stereocenters. The number of amides is 1. The van der Waals surface area contributed by atoms with Crippen molar-refractivity contribution in [1.82, 2.24) is 14.5 Å². The molecule has 2 aromatic rings. The predicted molar refractivity (Wildman–Crippen MR) is 117 cm³/mol. The molecule has 3 heterocycles. The minimum Gasteiger partial charge on any atom is -0.464 e. The normalized spacial score (nSPS) is 23.8. The fourth-order valence-electron chi connectivity index (χ4n) is 5.32. The molecule has 2 aliphatic heterocycles. The Balaban J connectivity index is 1.46. The molecule has 164 valence electrons. The molecule has 5 rings (SSSR count). The smallest absolute Gasteiger partial charge is 0.274 e. The highest BCUT2D eigenvalue weighted by Crippen LogP contribution is 2.39. The number of H-pyrrole nitrogens is 1. The van der Waals surface area contributed by atoms with Crippen LogP contribution in [0.5, 0.6) is 5.75 Å². The Morgan fingerprint density at radius 3 is 2.87 bits per heavy atom. The zero-order valence-corrected chi connectivity index (χ0v) is 18.0. The van der Waals surface area contributed by atoms with Gasteiger partial charge in [0.25, 0.3) is 11.5 Å². The first kappa shape index (κ1) is 20.3. The molecule has 3 aliphatic rings. The molecule has 0 bridgehead atoms. The number of aromatic nitrogens is 2. The molecular weight excluding hydrogens is 418 g/mol. The van der Waals surface area contributed by atoms with Crippen molar-refractivity contribution in [2.45, 2.75) is 57.3 Å². The van der Waals surface area contributed by atoms with Crippen molar-refractivity contribution in [3.05, 3.63) is 44.0 Å². The Hall–Kier alpha value is -2.58. The maximum atomic E-state index is 12.4. The number of hydrogen-bond acceptors (Lipinski definition) is 5. The van der Waals surface area contributed by atoms with E-state index in [9.17, 15) is 9.59 Å². The highest BCUT2D eigenvalue weighted by molar-refractivity contribution is 6.33. The molecular formula is C22H26ClN5O3. The number of hydrogen-bond donors (Lipinski definition) is 2. The summed E-state index contributed by atoms with van der Waals surface area (Å²) in [7, 11) is 0. The van der Waals surface area contributed by atoms with Crippen LogP contribution in [0.2, 0.25) is 5.02 Å². The van der Waals surface area contributed by atoms with E-state index in [-0.39, 0.29) is 5.56 Å².